The molecule has 25 heavy (non-hydrogen) atoms. The lowest BCUT2D eigenvalue weighted by atomic mass is 10.0. The molecule has 0 saturated carbocycles. The van der Waals surface area contributed by atoms with E-state index < -0.39 is 17.8 Å². The van der Waals surface area contributed by atoms with Gasteiger partial charge in [0.05, 0.1) is 11.3 Å². The Labute approximate surface area is 140 Å². The van der Waals surface area contributed by atoms with Crippen LogP contribution in [0.3, 0.4) is 0 Å². The molecular weight excluding hydrogens is 337 g/mol. The minimum Gasteiger partial charge on any atom is -0.410 e. The molecule has 2 amide bonds. The van der Waals surface area contributed by atoms with Crippen molar-refractivity contribution in [2.75, 3.05) is 10.6 Å². The molecule has 0 unspecified atom stereocenters. The van der Waals surface area contributed by atoms with Gasteiger partial charge in [-0.1, -0.05) is 12.1 Å². The lowest BCUT2D eigenvalue weighted by Gasteiger charge is -2.17. The van der Waals surface area contributed by atoms with Crippen molar-refractivity contribution in [2.45, 2.75) is 19.0 Å². The molecule has 0 radical (unpaired) electrons. The van der Waals surface area contributed by atoms with E-state index in [0.29, 0.717) is 18.5 Å². The Morgan fingerprint density at radius 3 is 2.64 bits per heavy atom. The molecule has 1 aliphatic heterocycles. The molecule has 0 aliphatic carbocycles. The van der Waals surface area contributed by atoms with Gasteiger partial charge in [0, 0.05) is 12.1 Å². The van der Waals surface area contributed by atoms with E-state index in [1.54, 1.807) is 12.1 Å². The second kappa shape index (κ2) is 6.46. The number of aryl methyl sites for hydroxylation is 1. The van der Waals surface area contributed by atoms with Crippen molar-refractivity contribution in [3.8, 4) is 5.75 Å². The van der Waals surface area contributed by atoms with Crippen molar-refractivity contribution in [1.29, 1.82) is 0 Å². The van der Waals surface area contributed by atoms with E-state index in [2.05, 4.69) is 10.6 Å². The van der Waals surface area contributed by atoms with Gasteiger partial charge in [0.1, 0.15) is 5.75 Å². The van der Waals surface area contributed by atoms with E-state index in [4.69, 9.17) is 4.74 Å². The van der Waals surface area contributed by atoms with Gasteiger partial charge in [0.15, 0.2) is 0 Å². The molecule has 0 saturated heterocycles. The van der Waals surface area contributed by atoms with Gasteiger partial charge in [-0.05, 0) is 42.3 Å². The highest BCUT2D eigenvalue weighted by atomic mass is 19.4. The summed E-state index contributed by atoms with van der Waals surface area (Å²) in [5.74, 6) is 0.0829. The number of hydrogen-bond acceptors (Lipinski definition) is 3. The van der Waals surface area contributed by atoms with Crippen LogP contribution in [0.4, 0.5) is 29.3 Å². The third-order valence-corrected chi connectivity index (χ3v) is 3.65. The average Bonchev–Trinajstić information content (AvgIpc) is 2.54. The normalized spacial score (nSPS) is 13.6. The molecule has 0 atom stereocenters. The first kappa shape index (κ1) is 16.8. The highest BCUT2D eigenvalue weighted by Gasteiger charge is 2.33. The second-order valence-electron chi connectivity index (χ2n) is 5.42. The van der Waals surface area contributed by atoms with Crippen LogP contribution in [0, 0.1) is 0 Å². The molecule has 2 aromatic carbocycles. The highest BCUT2D eigenvalue weighted by Crippen LogP contribution is 2.34. The van der Waals surface area contributed by atoms with Crippen LogP contribution in [0.25, 0.3) is 0 Å². The van der Waals surface area contributed by atoms with E-state index in [-0.39, 0.29) is 17.3 Å². The monoisotopic (exact) mass is 350 g/mol. The summed E-state index contributed by atoms with van der Waals surface area (Å²) in [4.78, 5) is 23.2. The van der Waals surface area contributed by atoms with Crippen molar-refractivity contribution in [1.82, 2.24) is 0 Å². The number of fused-ring (bicyclic) bond motifs is 1. The largest absolute Gasteiger partial charge is 0.418 e. The fraction of sp³-hybridized carbons (Fsp3) is 0.176. The number of alkyl halides is 3. The number of anilines is 2. The molecule has 8 heteroatoms. The van der Waals surface area contributed by atoms with Crippen LogP contribution in [-0.4, -0.2) is 12.0 Å². The zero-order chi connectivity index (χ0) is 18.0. The van der Waals surface area contributed by atoms with Gasteiger partial charge in [0.2, 0.25) is 5.91 Å². The number of benzene rings is 2. The van der Waals surface area contributed by atoms with Crippen molar-refractivity contribution >= 4 is 23.4 Å². The molecule has 2 N–H and O–H groups in total. The first-order valence-corrected chi connectivity index (χ1v) is 7.41. The van der Waals surface area contributed by atoms with E-state index in [1.165, 1.54) is 18.2 Å². The van der Waals surface area contributed by atoms with Gasteiger partial charge in [-0.15, -0.1) is 0 Å². The first-order chi connectivity index (χ1) is 11.8. The zero-order valence-electron chi connectivity index (χ0n) is 12.8. The van der Waals surface area contributed by atoms with Crippen LogP contribution in [0.2, 0.25) is 0 Å². The molecule has 0 spiro atoms. The molecule has 0 fully saturated rings. The molecular formula is C17H13F3N2O3. The van der Waals surface area contributed by atoms with Crippen LogP contribution in [0.15, 0.2) is 42.5 Å². The molecule has 2 aromatic rings. The summed E-state index contributed by atoms with van der Waals surface area (Å²) in [7, 11) is 0. The van der Waals surface area contributed by atoms with E-state index in [0.717, 1.165) is 17.7 Å². The molecule has 3 rings (SSSR count). The van der Waals surface area contributed by atoms with Crippen LogP contribution < -0.4 is 15.4 Å². The van der Waals surface area contributed by atoms with E-state index in [9.17, 15) is 22.8 Å². The van der Waals surface area contributed by atoms with Crippen LogP contribution >= 0.6 is 0 Å². The Hall–Kier alpha value is -3.03. The van der Waals surface area contributed by atoms with Crippen LogP contribution in [0.5, 0.6) is 5.75 Å². The first-order valence-electron chi connectivity index (χ1n) is 7.41. The Balaban J connectivity index is 1.73. The number of hydrogen-bond donors (Lipinski definition) is 2. The van der Waals surface area contributed by atoms with Crippen LogP contribution in [-0.2, 0) is 17.4 Å². The van der Waals surface area contributed by atoms with Gasteiger partial charge in [-0.3, -0.25) is 10.1 Å². The van der Waals surface area contributed by atoms with Crippen molar-refractivity contribution in [2.24, 2.45) is 0 Å². The predicted octanol–water partition coefficient (Wildman–Crippen LogP) is 4.20. The third kappa shape index (κ3) is 3.90. The lowest BCUT2D eigenvalue weighted by molar-refractivity contribution is -0.136. The molecule has 0 bridgehead atoms. The van der Waals surface area contributed by atoms with Crippen molar-refractivity contribution in [3.05, 3.63) is 53.6 Å². The van der Waals surface area contributed by atoms with E-state index >= 15 is 0 Å². The summed E-state index contributed by atoms with van der Waals surface area (Å²) in [5, 5.41) is 4.79. The number of ether oxygens (including phenoxy) is 1. The van der Waals surface area contributed by atoms with Gasteiger partial charge in [-0.25, -0.2) is 4.79 Å². The zero-order valence-corrected chi connectivity index (χ0v) is 12.8. The number of carbonyl (C=O) groups is 2. The Morgan fingerprint density at radius 2 is 1.88 bits per heavy atom. The fourth-order valence-electron chi connectivity index (χ4n) is 2.51. The van der Waals surface area contributed by atoms with Crippen LogP contribution in [0.1, 0.15) is 17.5 Å². The summed E-state index contributed by atoms with van der Waals surface area (Å²) in [5.41, 5.74) is 0.0809. The maximum atomic E-state index is 12.9. The molecule has 5 nitrogen and oxygen atoms in total. The lowest BCUT2D eigenvalue weighted by Crippen LogP contribution is -2.21. The number of nitrogens with one attached hydrogen (secondary N) is 2. The Morgan fingerprint density at radius 1 is 1.12 bits per heavy atom. The summed E-state index contributed by atoms with van der Waals surface area (Å²) in [6, 6.07) is 9.25. The summed E-state index contributed by atoms with van der Waals surface area (Å²) >= 11 is 0. The predicted molar refractivity (Wildman–Crippen MR) is 84.5 cm³/mol. The van der Waals surface area contributed by atoms with Crippen molar-refractivity contribution in [3.63, 3.8) is 0 Å². The maximum absolute atomic E-state index is 12.9. The number of halogens is 3. The molecule has 1 heterocycles. The number of rotatable bonds is 2. The Kier molecular flexibility index (Phi) is 4.35. The quantitative estimate of drug-likeness (QED) is 0.853. The Bertz CT molecular complexity index is 834. The second-order valence-corrected chi connectivity index (χ2v) is 5.42. The average molecular weight is 350 g/mol. The fourth-order valence-corrected chi connectivity index (χ4v) is 2.51. The maximum Gasteiger partial charge on any atom is 0.418 e. The summed E-state index contributed by atoms with van der Waals surface area (Å²) in [6.07, 6.45) is -4.80. The van der Waals surface area contributed by atoms with Gasteiger partial charge >= 0.3 is 12.3 Å². The number of para-hydroxylation sites is 1. The SMILES string of the molecule is O=C1CCc2cc(OC(=O)Nc3ccccc3C(F)(F)F)ccc2N1. The standard InChI is InChI=1S/C17H13F3N2O3/c18-17(19,20)12-3-1-2-4-14(12)22-16(24)25-11-6-7-13-10(9-11)5-8-15(23)21-13/h1-4,6-7,9H,5,8H2,(H,21,23)(H,22,24). The smallest absolute Gasteiger partial charge is 0.410 e. The minimum absolute atomic E-state index is 0.0948. The third-order valence-electron chi connectivity index (χ3n) is 3.65. The van der Waals surface area contributed by atoms with Gasteiger partial charge in [0.25, 0.3) is 0 Å². The number of amides is 2. The minimum atomic E-state index is -4.59. The van der Waals surface area contributed by atoms with Gasteiger partial charge in [-0.2, -0.15) is 13.2 Å². The number of carbonyl (C=O) groups excluding carboxylic acids is 2. The van der Waals surface area contributed by atoms with E-state index in [1.807, 2.05) is 0 Å². The topological polar surface area (TPSA) is 67.4 Å². The summed E-state index contributed by atoms with van der Waals surface area (Å²) in [6.45, 7) is 0. The molecule has 0 aromatic heterocycles. The molecule has 130 valence electrons. The highest BCUT2D eigenvalue weighted by molar-refractivity contribution is 5.94. The van der Waals surface area contributed by atoms with Gasteiger partial charge < -0.3 is 10.1 Å². The van der Waals surface area contributed by atoms with Crippen molar-refractivity contribution < 1.29 is 27.5 Å². The summed E-state index contributed by atoms with van der Waals surface area (Å²) < 4.78 is 43.8. The molecule has 1 aliphatic rings.